The van der Waals surface area contributed by atoms with Crippen molar-refractivity contribution in [2.24, 2.45) is 5.73 Å². The maximum Gasteiger partial charge on any atom is 0.109 e. The van der Waals surface area contributed by atoms with Crippen molar-refractivity contribution in [2.45, 2.75) is 25.4 Å². The quantitative estimate of drug-likeness (QED) is 0.788. The van der Waals surface area contributed by atoms with Crippen LogP contribution in [0.5, 0.6) is 0 Å². The fourth-order valence-electron chi connectivity index (χ4n) is 2.36. The molecule has 0 aliphatic carbocycles. The largest absolute Gasteiger partial charge is 0.394 e. The molecule has 3 rings (SSSR count). The van der Waals surface area contributed by atoms with Crippen molar-refractivity contribution in [1.29, 1.82) is 0 Å². The van der Waals surface area contributed by atoms with Gasteiger partial charge in [-0.15, -0.1) is 0 Å². The Morgan fingerprint density at radius 2 is 2.38 bits per heavy atom. The van der Waals surface area contributed by atoms with E-state index >= 15 is 0 Å². The first kappa shape index (κ1) is 9.81. The van der Waals surface area contributed by atoms with Crippen LogP contribution in [-0.4, -0.2) is 21.3 Å². The predicted octanol–water partition coefficient (Wildman–Crippen LogP) is 0.975. The Bertz CT molecular complexity index is 532. The zero-order valence-electron chi connectivity index (χ0n) is 9.06. The summed E-state index contributed by atoms with van der Waals surface area (Å²) in [6.45, 7) is 1.02. The molecule has 2 heterocycles. The normalized spacial score (nSPS) is 16.6. The number of imidazole rings is 1. The summed E-state index contributed by atoms with van der Waals surface area (Å²) in [7, 11) is 0. The lowest BCUT2D eigenvalue weighted by Crippen LogP contribution is -2.14. The summed E-state index contributed by atoms with van der Waals surface area (Å²) in [6.07, 6.45) is 2.24. The van der Waals surface area contributed by atoms with Gasteiger partial charge in [-0.3, -0.25) is 0 Å². The van der Waals surface area contributed by atoms with Crippen molar-refractivity contribution in [2.75, 3.05) is 6.61 Å². The van der Waals surface area contributed by atoms with Crippen molar-refractivity contribution < 1.29 is 5.11 Å². The molecule has 16 heavy (non-hydrogen) atoms. The Kier molecular flexibility index (Phi) is 2.19. The highest BCUT2D eigenvalue weighted by Gasteiger charge is 2.16. The lowest BCUT2D eigenvalue weighted by atomic mass is 10.1. The van der Waals surface area contributed by atoms with Gasteiger partial charge in [0.05, 0.1) is 23.7 Å². The standard InChI is InChI=1S/C12H15N3O/c13-9(7-16)8-3-4-10-11(6-8)15-5-1-2-12(15)14-10/h3-4,6,9,16H,1-2,5,7,13H2. The molecular formula is C12H15N3O. The van der Waals surface area contributed by atoms with E-state index in [1.807, 2.05) is 12.1 Å². The lowest BCUT2D eigenvalue weighted by molar-refractivity contribution is 0.268. The topological polar surface area (TPSA) is 64.1 Å². The Hall–Kier alpha value is -1.39. The van der Waals surface area contributed by atoms with E-state index in [4.69, 9.17) is 10.8 Å². The number of hydrogen-bond donors (Lipinski definition) is 2. The van der Waals surface area contributed by atoms with E-state index in [9.17, 15) is 0 Å². The average Bonchev–Trinajstić information content (AvgIpc) is 2.87. The minimum atomic E-state index is -0.294. The van der Waals surface area contributed by atoms with Gasteiger partial charge in [-0.1, -0.05) is 6.07 Å². The van der Waals surface area contributed by atoms with E-state index in [0.717, 1.165) is 29.6 Å². The first-order valence-electron chi connectivity index (χ1n) is 5.65. The second kappa shape index (κ2) is 3.57. The Morgan fingerprint density at radius 3 is 3.19 bits per heavy atom. The SMILES string of the molecule is NC(CO)c1ccc2nc3n(c2c1)CCC3. The minimum Gasteiger partial charge on any atom is -0.394 e. The van der Waals surface area contributed by atoms with Crippen LogP contribution in [-0.2, 0) is 13.0 Å². The number of nitrogens with two attached hydrogens (primary N) is 1. The first-order chi connectivity index (χ1) is 7.79. The number of benzene rings is 1. The average molecular weight is 217 g/mol. The molecule has 0 amide bonds. The Balaban J connectivity index is 2.16. The van der Waals surface area contributed by atoms with E-state index in [1.165, 1.54) is 12.2 Å². The number of hydrogen-bond acceptors (Lipinski definition) is 3. The van der Waals surface area contributed by atoms with Gasteiger partial charge in [0.25, 0.3) is 0 Å². The van der Waals surface area contributed by atoms with Gasteiger partial charge in [0, 0.05) is 13.0 Å². The molecule has 0 radical (unpaired) electrons. The number of aromatic nitrogens is 2. The van der Waals surface area contributed by atoms with Crippen molar-refractivity contribution >= 4 is 11.0 Å². The molecule has 0 bridgehead atoms. The van der Waals surface area contributed by atoms with Crippen LogP contribution in [0, 0.1) is 0 Å². The summed E-state index contributed by atoms with van der Waals surface area (Å²) in [5, 5.41) is 9.06. The molecule has 2 aromatic rings. The molecule has 0 saturated carbocycles. The van der Waals surface area contributed by atoms with E-state index < -0.39 is 0 Å². The fraction of sp³-hybridized carbons (Fsp3) is 0.417. The van der Waals surface area contributed by atoms with Gasteiger partial charge in [0.15, 0.2) is 0 Å². The molecule has 1 unspecified atom stereocenters. The Labute approximate surface area is 93.7 Å². The number of aryl methyl sites for hydroxylation is 2. The summed E-state index contributed by atoms with van der Waals surface area (Å²) < 4.78 is 2.25. The second-order valence-corrected chi connectivity index (χ2v) is 4.32. The van der Waals surface area contributed by atoms with Crippen LogP contribution in [0.2, 0.25) is 0 Å². The van der Waals surface area contributed by atoms with Crippen LogP contribution in [0.25, 0.3) is 11.0 Å². The summed E-state index contributed by atoms with van der Waals surface area (Å²) in [5.74, 6) is 1.17. The highest BCUT2D eigenvalue weighted by molar-refractivity contribution is 5.77. The third kappa shape index (κ3) is 1.34. The molecule has 0 saturated heterocycles. The molecule has 1 aromatic carbocycles. The van der Waals surface area contributed by atoms with Crippen LogP contribution >= 0.6 is 0 Å². The molecule has 3 N–H and O–H groups in total. The number of aliphatic hydroxyl groups excluding tert-OH is 1. The monoisotopic (exact) mass is 217 g/mol. The number of rotatable bonds is 2. The number of aliphatic hydroxyl groups is 1. The van der Waals surface area contributed by atoms with Crippen LogP contribution in [0.4, 0.5) is 0 Å². The second-order valence-electron chi connectivity index (χ2n) is 4.32. The first-order valence-corrected chi connectivity index (χ1v) is 5.65. The van der Waals surface area contributed by atoms with Gasteiger partial charge in [0.1, 0.15) is 5.82 Å². The van der Waals surface area contributed by atoms with Gasteiger partial charge in [0.2, 0.25) is 0 Å². The van der Waals surface area contributed by atoms with E-state index in [1.54, 1.807) is 0 Å². The van der Waals surface area contributed by atoms with Crippen LogP contribution in [0.15, 0.2) is 18.2 Å². The third-order valence-electron chi connectivity index (χ3n) is 3.26. The Morgan fingerprint density at radius 1 is 1.50 bits per heavy atom. The molecule has 1 aliphatic heterocycles. The van der Waals surface area contributed by atoms with Crippen LogP contribution < -0.4 is 5.73 Å². The van der Waals surface area contributed by atoms with Crippen molar-refractivity contribution in [3.05, 3.63) is 29.6 Å². The molecule has 1 aliphatic rings. The smallest absolute Gasteiger partial charge is 0.109 e. The highest BCUT2D eigenvalue weighted by Crippen LogP contribution is 2.25. The summed E-state index contributed by atoms with van der Waals surface area (Å²) in [5.41, 5.74) is 8.97. The summed E-state index contributed by atoms with van der Waals surface area (Å²) in [6, 6.07) is 5.70. The molecule has 4 nitrogen and oxygen atoms in total. The van der Waals surface area contributed by atoms with E-state index in [2.05, 4.69) is 15.6 Å². The molecule has 0 fully saturated rings. The minimum absolute atomic E-state index is 0.0213. The molecule has 1 aromatic heterocycles. The zero-order chi connectivity index (χ0) is 11.1. The van der Waals surface area contributed by atoms with Crippen molar-refractivity contribution in [1.82, 2.24) is 9.55 Å². The van der Waals surface area contributed by atoms with Gasteiger partial charge in [-0.25, -0.2) is 4.98 Å². The highest BCUT2D eigenvalue weighted by atomic mass is 16.3. The van der Waals surface area contributed by atoms with Gasteiger partial charge >= 0.3 is 0 Å². The summed E-state index contributed by atoms with van der Waals surface area (Å²) >= 11 is 0. The van der Waals surface area contributed by atoms with E-state index in [0.29, 0.717) is 0 Å². The number of nitrogens with zero attached hydrogens (tertiary/aromatic N) is 2. The summed E-state index contributed by atoms with van der Waals surface area (Å²) in [4.78, 5) is 4.58. The van der Waals surface area contributed by atoms with Crippen molar-refractivity contribution in [3.8, 4) is 0 Å². The molecule has 0 spiro atoms. The zero-order valence-corrected chi connectivity index (χ0v) is 9.06. The maximum absolute atomic E-state index is 9.06. The molecule has 1 atom stereocenters. The van der Waals surface area contributed by atoms with Crippen molar-refractivity contribution in [3.63, 3.8) is 0 Å². The molecule has 84 valence electrons. The van der Waals surface area contributed by atoms with Gasteiger partial charge in [-0.05, 0) is 24.1 Å². The van der Waals surface area contributed by atoms with Crippen LogP contribution in [0.3, 0.4) is 0 Å². The lowest BCUT2D eigenvalue weighted by Gasteiger charge is -2.08. The fourth-order valence-corrected chi connectivity index (χ4v) is 2.36. The van der Waals surface area contributed by atoms with Gasteiger partial charge < -0.3 is 15.4 Å². The molecule has 4 heteroatoms. The number of fused-ring (bicyclic) bond motifs is 3. The van der Waals surface area contributed by atoms with E-state index in [-0.39, 0.29) is 12.6 Å². The van der Waals surface area contributed by atoms with Gasteiger partial charge in [-0.2, -0.15) is 0 Å². The van der Waals surface area contributed by atoms with Crippen LogP contribution in [0.1, 0.15) is 23.9 Å². The predicted molar refractivity (Wildman–Crippen MR) is 62.1 cm³/mol. The maximum atomic E-state index is 9.06. The molecular weight excluding hydrogens is 202 g/mol. The third-order valence-corrected chi connectivity index (χ3v) is 3.26.